The van der Waals surface area contributed by atoms with E-state index in [1.807, 2.05) is 54.6 Å². The molecule has 2 aromatic rings. The second-order valence-corrected chi connectivity index (χ2v) is 5.14. The van der Waals surface area contributed by atoms with E-state index >= 15 is 0 Å². The Balaban J connectivity index is 2.27. The van der Waals surface area contributed by atoms with Crippen molar-refractivity contribution in [1.82, 2.24) is 5.32 Å². The zero-order valence-electron chi connectivity index (χ0n) is 11.1. The summed E-state index contributed by atoms with van der Waals surface area (Å²) in [4.78, 5) is 0. The first kappa shape index (κ1) is 14.6. The lowest BCUT2D eigenvalue weighted by Crippen LogP contribution is -2.20. The Morgan fingerprint density at radius 2 is 1.80 bits per heavy atom. The van der Waals surface area contributed by atoms with E-state index in [-0.39, 0.29) is 6.04 Å². The second kappa shape index (κ2) is 7.69. The number of nitrogens with one attached hydrogen (secondary N) is 1. The van der Waals surface area contributed by atoms with E-state index in [1.54, 1.807) is 0 Å². The summed E-state index contributed by atoms with van der Waals surface area (Å²) >= 11 is 3.58. The van der Waals surface area contributed by atoms with Crippen LogP contribution in [0.2, 0.25) is 0 Å². The van der Waals surface area contributed by atoms with Crippen LogP contribution >= 0.6 is 15.9 Å². The lowest BCUT2D eigenvalue weighted by molar-refractivity contribution is 0.688. The second-order valence-electron chi connectivity index (χ2n) is 4.29. The van der Waals surface area contributed by atoms with Crippen molar-refractivity contribution in [3.63, 3.8) is 0 Å². The molecule has 0 spiro atoms. The molecule has 0 aliphatic heterocycles. The molecular formula is C18H16BrN. The highest BCUT2D eigenvalue weighted by Gasteiger charge is 2.09. The molecule has 100 valence electrons. The molecule has 1 nitrogen and oxygen atoms in total. The van der Waals surface area contributed by atoms with E-state index in [1.165, 1.54) is 0 Å². The molecule has 0 bridgehead atoms. The first-order valence-corrected chi connectivity index (χ1v) is 7.26. The fourth-order valence-electron chi connectivity index (χ4n) is 1.83. The van der Waals surface area contributed by atoms with E-state index in [2.05, 4.69) is 45.7 Å². The van der Waals surface area contributed by atoms with Gasteiger partial charge < -0.3 is 0 Å². The van der Waals surface area contributed by atoms with Gasteiger partial charge in [0.1, 0.15) is 0 Å². The predicted molar refractivity (Wildman–Crippen MR) is 88.4 cm³/mol. The van der Waals surface area contributed by atoms with Gasteiger partial charge >= 0.3 is 0 Å². The molecule has 1 N–H and O–H groups in total. The van der Waals surface area contributed by atoms with E-state index < -0.39 is 0 Å². The first-order chi connectivity index (χ1) is 9.81. The van der Waals surface area contributed by atoms with Crippen molar-refractivity contribution < 1.29 is 0 Å². The number of rotatable bonds is 4. The Kier molecular flexibility index (Phi) is 5.61. The van der Waals surface area contributed by atoms with Crippen molar-refractivity contribution >= 4 is 15.9 Å². The minimum Gasteiger partial charge on any atom is -0.296 e. The van der Waals surface area contributed by atoms with Crippen LogP contribution in [0.1, 0.15) is 17.2 Å². The number of hydrogen-bond acceptors (Lipinski definition) is 1. The molecule has 0 radical (unpaired) electrons. The first-order valence-electron chi connectivity index (χ1n) is 6.46. The summed E-state index contributed by atoms with van der Waals surface area (Å²) < 4.78 is 1.06. The van der Waals surface area contributed by atoms with Crippen LogP contribution in [0.3, 0.4) is 0 Å². The van der Waals surface area contributed by atoms with Crippen LogP contribution in [-0.4, -0.2) is 6.54 Å². The van der Waals surface area contributed by atoms with Crippen LogP contribution in [0.4, 0.5) is 0 Å². The van der Waals surface area contributed by atoms with Gasteiger partial charge in [0.2, 0.25) is 0 Å². The fourth-order valence-corrected chi connectivity index (χ4v) is 2.34. The zero-order chi connectivity index (χ0) is 14.2. The molecule has 0 aromatic heterocycles. The highest BCUT2D eigenvalue weighted by Crippen LogP contribution is 2.22. The Bertz CT molecular complexity index is 623. The Labute approximate surface area is 128 Å². The van der Waals surface area contributed by atoms with Crippen molar-refractivity contribution in [3.05, 3.63) is 82.9 Å². The molecule has 20 heavy (non-hydrogen) atoms. The van der Waals surface area contributed by atoms with Crippen molar-refractivity contribution in [2.75, 3.05) is 6.54 Å². The van der Waals surface area contributed by atoms with E-state index in [4.69, 9.17) is 0 Å². The summed E-state index contributed by atoms with van der Waals surface area (Å²) in [7, 11) is 0. The quantitative estimate of drug-likeness (QED) is 0.652. The van der Waals surface area contributed by atoms with Gasteiger partial charge in [-0.2, -0.15) is 0 Å². The maximum absolute atomic E-state index is 3.74. The molecule has 0 saturated heterocycles. The normalized spacial score (nSPS) is 11.2. The molecular weight excluding hydrogens is 310 g/mol. The highest BCUT2D eigenvalue weighted by molar-refractivity contribution is 9.10. The minimum absolute atomic E-state index is 0.0243. The van der Waals surface area contributed by atoms with Gasteiger partial charge in [-0.05, 0) is 23.8 Å². The Morgan fingerprint density at radius 1 is 1.10 bits per heavy atom. The summed E-state index contributed by atoms with van der Waals surface area (Å²) in [5.74, 6) is 6.50. The van der Waals surface area contributed by atoms with Gasteiger partial charge in [0, 0.05) is 16.6 Å². The van der Waals surface area contributed by atoms with Gasteiger partial charge in [-0.25, -0.2) is 0 Å². The number of hydrogen-bond donors (Lipinski definition) is 1. The van der Waals surface area contributed by atoms with Crippen LogP contribution in [0, 0.1) is 11.8 Å². The van der Waals surface area contributed by atoms with E-state index in [0.717, 1.165) is 22.1 Å². The maximum atomic E-state index is 3.74. The molecule has 2 rings (SSSR count). The third-order valence-electron chi connectivity index (χ3n) is 2.82. The van der Waals surface area contributed by atoms with Crippen LogP contribution in [0.25, 0.3) is 0 Å². The summed E-state index contributed by atoms with van der Waals surface area (Å²) in [5, 5.41) is 3.38. The molecule has 2 heteroatoms. The summed E-state index contributed by atoms with van der Waals surface area (Å²) in [5.41, 5.74) is 2.16. The molecule has 0 heterocycles. The molecule has 0 saturated carbocycles. The third-order valence-corrected chi connectivity index (χ3v) is 3.54. The van der Waals surface area contributed by atoms with Gasteiger partial charge in [-0.1, -0.05) is 70.2 Å². The Hall–Kier alpha value is -1.82. The molecule has 0 fully saturated rings. The molecule has 2 aromatic carbocycles. The molecule has 0 aliphatic rings. The summed E-state index contributed by atoms with van der Waals surface area (Å²) in [6.45, 7) is 4.46. The standard InChI is InChI=1S/C18H16BrN/c1-2-14-20-18(16-10-6-7-11-17(16)19)13-12-15-8-4-3-5-9-15/h2-11,18,20H,1,14H2. The maximum Gasteiger partial charge on any atom is 0.0963 e. The summed E-state index contributed by atoms with van der Waals surface area (Å²) in [6, 6.07) is 18.1. The average molecular weight is 326 g/mol. The molecule has 1 unspecified atom stereocenters. The van der Waals surface area contributed by atoms with Gasteiger partial charge in [-0.15, -0.1) is 6.58 Å². The van der Waals surface area contributed by atoms with Gasteiger partial charge in [0.05, 0.1) is 6.04 Å². The largest absolute Gasteiger partial charge is 0.296 e. The monoisotopic (exact) mass is 325 g/mol. The summed E-state index contributed by atoms with van der Waals surface area (Å²) in [6.07, 6.45) is 1.84. The zero-order valence-corrected chi connectivity index (χ0v) is 12.7. The molecule has 0 amide bonds. The van der Waals surface area contributed by atoms with Crippen LogP contribution in [0.5, 0.6) is 0 Å². The van der Waals surface area contributed by atoms with Crippen LogP contribution in [0.15, 0.2) is 71.7 Å². The minimum atomic E-state index is -0.0243. The van der Waals surface area contributed by atoms with Crippen molar-refractivity contribution in [2.24, 2.45) is 0 Å². The van der Waals surface area contributed by atoms with Crippen LogP contribution < -0.4 is 5.32 Å². The van der Waals surface area contributed by atoms with Crippen molar-refractivity contribution in [2.45, 2.75) is 6.04 Å². The lowest BCUT2D eigenvalue weighted by atomic mass is 10.1. The fraction of sp³-hybridized carbons (Fsp3) is 0.111. The lowest BCUT2D eigenvalue weighted by Gasteiger charge is -2.13. The third kappa shape index (κ3) is 4.09. The predicted octanol–water partition coefficient (Wildman–Crippen LogP) is 4.32. The molecule has 0 aliphatic carbocycles. The van der Waals surface area contributed by atoms with E-state index in [9.17, 15) is 0 Å². The van der Waals surface area contributed by atoms with Crippen LogP contribution in [-0.2, 0) is 0 Å². The highest BCUT2D eigenvalue weighted by atomic mass is 79.9. The van der Waals surface area contributed by atoms with Gasteiger partial charge in [0.25, 0.3) is 0 Å². The topological polar surface area (TPSA) is 12.0 Å². The van der Waals surface area contributed by atoms with Crippen molar-refractivity contribution in [3.8, 4) is 11.8 Å². The Morgan fingerprint density at radius 3 is 2.50 bits per heavy atom. The van der Waals surface area contributed by atoms with Gasteiger partial charge in [-0.3, -0.25) is 5.32 Å². The molecule has 1 atom stereocenters. The van der Waals surface area contributed by atoms with Crippen molar-refractivity contribution in [1.29, 1.82) is 0 Å². The average Bonchev–Trinajstić information content (AvgIpc) is 2.49. The number of halogens is 1. The smallest absolute Gasteiger partial charge is 0.0963 e. The van der Waals surface area contributed by atoms with E-state index in [0.29, 0.717) is 0 Å². The number of benzene rings is 2. The SMILES string of the molecule is C=CCNC(C#Cc1ccccc1)c1ccccc1Br. The van der Waals surface area contributed by atoms with Gasteiger partial charge in [0.15, 0.2) is 0 Å².